The Morgan fingerprint density at radius 1 is 1.44 bits per heavy atom. The maximum Gasteiger partial charge on any atom is 0.0794 e. The minimum absolute atomic E-state index is 0.115. The van der Waals surface area contributed by atoms with Crippen LogP contribution in [-0.4, -0.2) is 39.2 Å². The number of rotatable bonds is 6. The lowest BCUT2D eigenvalue weighted by atomic mass is 10.0. The van der Waals surface area contributed by atoms with Crippen LogP contribution in [0.1, 0.15) is 12.5 Å². The molecule has 4 N–H and O–H groups in total. The summed E-state index contributed by atoms with van der Waals surface area (Å²) in [6, 6.07) is 4.02. The molecule has 0 aliphatic rings. The van der Waals surface area contributed by atoms with E-state index in [9.17, 15) is 10.2 Å². The molecule has 2 aromatic rings. The summed E-state index contributed by atoms with van der Waals surface area (Å²) in [5, 5.41) is 30.6. The zero-order valence-corrected chi connectivity index (χ0v) is 11.0. The number of hydrogen-bond donors (Lipinski definition) is 4. The maximum atomic E-state index is 9.22. The van der Waals surface area contributed by atoms with E-state index in [1.54, 1.807) is 24.5 Å². The third-order valence-electron chi connectivity index (χ3n) is 2.89. The first kappa shape index (κ1) is 13.2. The Labute approximate surface area is 109 Å². The SMILES string of the molecule is CC(CO)(CO)NCc1cn[nH]c1-c1cccs1. The van der Waals surface area contributed by atoms with Gasteiger partial charge in [0.25, 0.3) is 0 Å². The lowest BCUT2D eigenvalue weighted by Crippen LogP contribution is -2.48. The van der Waals surface area contributed by atoms with Gasteiger partial charge in [0, 0.05) is 12.1 Å². The van der Waals surface area contributed by atoms with Crippen LogP contribution in [0, 0.1) is 0 Å². The van der Waals surface area contributed by atoms with Crippen LogP contribution < -0.4 is 5.32 Å². The highest BCUT2D eigenvalue weighted by atomic mass is 32.1. The molecule has 18 heavy (non-hydrogen) atoms. The highest BCUT2D eigenvalue weighted by Gasteiger charge is 2.22. The quantitative estimate of drug-likeness (QED) is 0.629. The van der Waals surface area contributed by atoms with Gasteiger partial charge in [-0.2, -0.15) is 5.10 Å². The summed E-state index contributed by atoms with van der Waals surface area (Å²) in [6.45, 7) is 2.09. The molecule has 0 aliphatic heterocycles. The minimum atomic E-state index is -0.677. The zero-order valence-electron chi connectivity index (χ0n) is 10.2. The Morgan fingerprint density at radius 3 is 2.83 bits per heavy atom. The van der Waals surface area contributed by atoms with E-state index in [2.05, 4.69) is 15.5 Å². The maximum absolute atomic E-state index is 9.22. The molecule has 5 nitrogen and oxygen atoms in total. The summed E-state index contributed by atoms with van der Waals surface area (Å²) in [7, 11) is 0. The van der Waals surface area contributed by atoms with E-state index in [0.717, 1.165) is 16.1 Å². The second kappa shape index (κ2) is 5.62. The van der Waals surface area contributed by atoms with Crippen molar-refractivity contribution in [2.24, 2.45) is 0 Å². The molecule has 0 bridgehead atoms. The predicted molar refractivity (Wildman–Crippen MR) is 71.3 cm³/mol. The number of H-pyrrole nitrogens is 1. The topological polar surface area (TPSA) is 81.2 Å². The monoisotopic (exact) mass is 267 g/mol. The summed E-state index contributed by atoms with van der Waals surface area (Å²) in [6.07, 6.45) is 1.76. The molecule has 0 unspecified atom stereocenters. The van der Waals surface area contributed by atoms with E-state index in [-0.39, 0.29) is 13.2 Å². The van der Waals surface area contributed by atoms with Gasteiger partial charge in [0.15, 0.2) is 0 Å². The van der Waals surface area contributed by atoms with Crippen LogP contribution in [0.3, 0.4) is 0 Å². The molecule has 0 spiro atoms. The van der Waals surface area contributed by atoms with E-state index in [0.29, 0.717) is 6.54 Å². The Hall–Kier alpha value is -1.21. The van der Waals surface area contributed by atoms with Crippen LogP contribution in [-0.2, 0) is 6.54 Å². The van der Waals surface area contributed by atoms with Gasteiger partial charge in [-0.1, -0.05) is 6.07 Å². The lowest BCUT2D eigenvalue weighted by Gasteiger charge is -2.26. The van der Waals surface area contributed by atoms with E-state index in [1.807, 2.05) is 17.5 Å². The molecule has 2 rings (SSSR count). The van der Waals surface area contributed by atoms with Crippen LogP contribution in [0.4, 0.5) is 0 Å². The first-order valence-corrected chi connectivity index (χ1v) is 6.59. The van der Waals surface area contributed by atoms with Crippen molar-refractivity contribution >= 4 is 11.3 Å². The van der Waals surface area contributed by atoms with E-state index < -0.39 is 5.54 Å². The minimum Gasteiger partial charge on any atom is -0.394 e. The fourth-order valence-corrected chi connectivity index (χ4v) is 2.31. The third kappa shape index (κ3) is 2.78. The molecular formula is C12H17N3O2S. The van der Waals surface area contributed by atoms with Crippen molar-refractivity contribution in [2.75, 3.05) is 13.2 Å². The van der Waals surface area contributed by atoms with Gasteiger partial charge in [0.1, 0.15) is 0 Å². The molecule has 2 heterocycles. The van der Waals surface area contributed by atoms with Crippen molar-refractivity contribution in [1.29, 1.82) is 0 Å². The highest BCUT2D eigenvalue weighted by molar-refractivity contribution is 7.13. The normalized spacial score (nSPS) is 11.9. The molecule has 0 saturated carbocycles. The molecule has 0 radical (unpaired) electrons. The fourth-order valence-electron chi connectivity index (χ4n) is 1.55. The van der Waals surface area contributed by atoms with Crippen LogP contribution in [0.25, 0.3) is 10.6 Å². The average molecular weight is 267 g/mol. The molecule has 0 amide bonds. The van der Waals surface area contributed by atoms with Crippen molar-refractivity contribution < 1.29 is 10.2 Å². The summed E-state index contributed by atoms with van der Waals surface area (Å²) < 4.78 is 0. The average Bonchev–Trinajstić information content (AvgIpc) is 3.05. The van der Waals surface area contributed by atoms with Crippen LogP contribution in [0.2, 0.25) is 0 Å². The molecule has 0 atom stereocenters. The van der Waals surface area contributed by atoms with Crippen molar-refractivity contribution in [1.82, 2.24) is 15.5 Å². The molecule has 98 valence electrons. The van der Waals surface area contributed by atoms with Crippen LogP contribution in [0.15, 0.2) is 23.7 Å². The van der Waals surface area contributed by atoms with Gasteiger partial charge in [-0.25, -0.2) is 0 Å². The number of aromatic nitrogens is 2. The molecule has 0 fully saturated rings. The number of nitrogens with one attached hydrogen (secondary N) is 2. The van der Waals surface area contributed by atoms with E-state index in [1.165, 1.54) is 0 Å². The van der Waals surface area contributed by atoms with E-state index >= 15 is 0 Å². The predicted octanol–water partition coefficient (Wildman–Crippen LogP) is 0.971. The van der Waals surface area contributed by atoms with Crippen LogP contribution in [0.5, 0.6) is 0 Å². The largest absolute Gasteiger partial charge is 0.394 e. The van der Waals surface area contributed by atoms with Crippen molar-refractivity contribution in [3.8, 4) is 10.6 Å². The standard InChI is InChI=1S/C12H17N3O2S/c1-12(7-16,8-17)13-5-9-6-14-15-11(9)10-3-2-4-18-10/h2-4,6,13,16-17H,5,7-8H2,1H3,(H,14,15). The first-order valence-electron chi connectivity index (χ1n) is 5.71. The van der Waals surface area contributed by atoms with Gasteiger partial charge < -0.3 is 15.5 Å². The third-order valence-corrected chi connectivity index (χ3v) is 3.78. The summed E-state index contributed by atoms with van der Waals surface area (Å²) in [4.78, 5) is 1.12. The van der Waals surface area contributed by atoms with Gasteiger partial charge >= 0.3 is 0 Å². The first-order chi connectivity index (χ1) is 8.68. The van der Waals surface area contributed by atoms with Gasteiger partial charge in [-0.05, 0) is 18.4 Å². The number of nitrogens with zero attached hydrogens (tertiary/aromatic N) is 1. The smallest absolute Gasteiger partial charge is 0.0794 e. The number of hydrogen-bond acceptors (Lipinski definition) is 5. The Morgan fingerprint density at radius 2 is 2.22 bits per heavy atom. The Bertz CT molecular complexity index is 477. The number of aromatic amines is 1. The second-order valence-electron chi connectivity index (χ2n) is 4.48. The summed E-state index contributed by atoms with van der Waals surface area (Å²) in [5.74, 6) is 0. The molecule has 6 heteroatoms. The Kier molecular flexibility index (Phi) is 4.13. The van der Waals surface area contributed by atoms with Crippen LogP contribution >= 0.6 is 11.3 Å². The number of thiophene rings is 1. The molecule has 0 saturated heterocycles. The van der Waals surface area contributed by atoms with Crippen molar-refractivity contribution in [2.45, 2.75) is 19.0 Å². The zero-order chi connectivity index (χ0) is 13.0. The summed E-state index contributed by atoms with van der Waals surface area (Å²) >= 11 is 1.64. The van der Waals surface area contributed by atoms with E-state index in [4.69, 9.17) is 0 Å². The molecule has 0 aliphatic carbocycles. The van der Waals surface area contributed by atoms with Gasteiger partial charge in [-0.3, -0.25) is 5.10 Å². The molecule has 2 aromatic heterocycles. The summed E-state index contributed by atoms with van der Waals surface area (Å²) in [5.41, 5.74) is 1.32. The van der Waals surface area contributed by atoms with Crippen molar-refractivity contribution in [3.05, 3.63) is 29.3 Å². The Balaban J connectivity index is 2.09. The van der Waals surface area contributed by atoms with Crippen molar-refractivity contribution in [3.63, 3.8) is 0 Å². The molecule has 0 aromatic carbocycles. The second-order valence-corrected chi connectivity index (χ2v) is 5.43. The van der Waals surface area contributed by atoms with Gasteiger partial charge in [0.05, 0.1) is 35.5 Å². The van der Waals surface area contributed by atoms with Gasteiger partial charge in [0.2, 0.25) is 0 Å². The number of aliphatic hydroxyl groups is 2. The van der Waals surface area contributed by atoms with Gasteiger partial charge in [-0.15, -0.1) is 11.3 Å². The highest BCUT2D eigenvalue weighted by Crippen LogP contribution is 2.25. The fraction of sp³-hybridized carbons (Fsp3) is 0.417. The molecular weight excluding hydrogens is 250 g/mol. The lowest BCUT2D eigenvalue weighted by molar-refractivity contribution is 0.103. The number of aliphatic hydroxyl groups excluding tert-OH is 2.